The van der Waals surface area contributed by atoms with Gasteiger partial charge in [0.05, 0.1) is 11.6 Å². The van der Waals surface area contributed by atoms with E-state index in [0.717, 1.165) is 33.0 Å². The number of nitrogens with two attached hydrogens (primary N) is 2. The van der Waals surface area contributed by atoms with Gasteiger partial charge in [0, 0.05) is 19.4 Å². The Labute approximate surface area is 184 Å². The molecule has 1 unspecified atom stereocenters. The largest absolute Gasteiger partial charge is 0.387 e. The van der Waals surface area contributed by atoms with Crippen molar-refractivity contribution >= 4 is 10.8 Å². The molecule has 4 rings (SSSR count). The Morgan fingerprint density at radius 1 is 0.742 bits per heavy atom. The molecule has 3 heteroatoms. The smallest absolute Gasteiger partial charge is 0.0919 e. The van der Waals surface area contributed by atoms with Gasteiger partial charge in [-0.1, -0.05) is 90.5 Å². The van der Waals surface area contributed by atoms with Crippen molar-refractivity contribution < 1.29 is 5.11 Å². The lowest BCUT2D eigenvalue weighted by Gasteiger charge is -2.35. The van der Waals surface area contributed by atoms with Gasteiger partial charge in [0.15, 0.2) is 0 Å². The van der Waals surface area contributed by atoms with Crippen LogP contribution >= 0.6 is 0 Å². The molecule has 0 radical (unpaired) electrons. The first-order valence-electron chi connectivity index (χ1n) is 10.8. The molecule has 2 atom stereocenters. The van der Waals surface area contributed by atoms with E-state index in [1.54, 1.807) is 0 Å². The third-order valence-electron chi connectivity index (χ3n) is 6.04. The van der Waals surface area contributed by atoms with E-state index in [4.69, 9.17) is 11.5 Å². The van der Waals surface area contributed by atoms with E-state index in [9.17, 15) is 5.11 Å². The first-order valence-corrected chi connectivity index (χ1v) is 10.8. The highest BCUT2D eigenvalue weighted by Gasteiger charge is 2.36. The standard InChI is InChI=1S/C28H30N2O/c1-20-6-4-7-21(14-20)17-28(31,18-22-8-5-9-23(15-22)19-29)27(30)26-13-12-24-10-2-3-11-25(24)16-26/h2-16,27,31H,17-19,29-30H2,1H3/t27-,28?/m1/s1. The van der Waals surface area contributed by atoms with Crippen molar-refractivity contribution in [3.63, 3.8) is 0 Å². The van der Waals surface area contributed by atoms with E-state index >= 15 is 0 Å². The van der Waals surface area contributed by atoms with Gasteiger partial charge in [-0.05, 0) is 46.0 Å². The summed E-state index contributed by atoms with van der Waals surface area (Å²) in [5, 5.41) is 14.3. The van der Waals surface area contributed by atoms with Gasteiger partial charge in [-0.3, -0.25) is 0 Å². The van der Waals surface area contributed by atoms with Crippen LogP contribution in [0.15, 0.2) is 91.0 Å². The van der Waals surface area contributed by atoms with Gasteiger partial charge in [-0.2, -0.15) is 0 Å². The summed E-state index contributed by atoms with van der Waals surface area (Å²) in [6.07, 6.45) is 0.915. The summed E-state index contributed by atoms with van der Waals surface area (Å²) in [4.78, 5) is 0. The Morgan fingerprint density at radius 2 is 1.39 bits per heavy atom. The van der Waals surface area contributed by atoms with Crippen molar-refractivity contribution in [2.24, 2.45) is 11.5 Å². The van der Waals surface area contributed by atoms with Crippen LogP contribution in [0.4, 0.5) is 0 Å². The van der Waals surface area contributed by atoms with Crippen molar-refractivity contribution in [1.82, 2.24) is 0 Å². The molecular formula is C28H30N2O. The molecule has 158 valence electrons. The van der Waals surface area contributed by atoms with Crippen LogP contribution in [-0.2, 0) is 19.4 Å². The summed E-state index contributed by atoms with van der Waals surface area (Å²) in [7, 11) is 0. The molecule has 4 aromatic carbocycles. The highest BCUT2D eigenvalue weighted by Crippen LogP contribution is 2.33. The highest BCUT2D eigenvalue weighted by molar-refractivity contribution is 5.83. The Bertz CT molecular complexity index is 1190. The van der Waals surface area contributed by atoms with Gasteiger partial charge >= 0.3 is 0 Å². The van der Waals surface area contributed by atoms with Crippen LogP contribution in [0.1, 0.15) is 33.9 Å². The Morgan fingerprint density at radius 3 is 2.10 bits per heavy atom. The first kappa shape index (κ1) is 21.3. The molecule has 0 spiro atoms. The number of fused-ring (bicyclic) bond motifs is 1. The zero-order chi connectivity index (χ0) is 21.8. The molecule has 3 nitrogen and oxygen atoms in total. The van der Waals surface area contributed by atoms with Crippen LogP contribution in [0.5, 0.6) is 0 Å². The molecule has 0 saturated carbocycles. The Hall–Kier alpha value is -2.98. The maximum atomic E-state index is 12.0. The van der Waals surface area contributed by atoms with E-state index in [-0.39, 0.29) is 0 Å². The SMILES string of the molecule is Cc1cccc(CC(O)(Cc2cccc(CN)c2)[C@H](N)c2ccc3ccccc3c2)c1. The molecule has 0 amide bonds. The molecule has 0 heterocycles. The van der Waals surface area contributed by atoms with Gasteiger partial charge in [0.25, 0.3) is 0 Å². The summed E-state index contributed by atoms with van der Waals surface area (Å²) in [5.41, 5.74) is 16.8. The number of aliphatic hydroxyl groups is 1. The molecule has 31 heavy (non-hydrogen) atoms. The quantitative estimate of drug-likeness (QED) is 0.409. The van der Waals surface area contributed by atoms with Gasteiger partial charge < -0.3 is 16.6 Å². The monoisotopic (exact) mass is 410 g/mol. The normalized spacial score (nSPS) is 14.3. The second-order valence-electron chi connectivity index (χ2n) is 8.55. The zero-order valence-electron chi connectivity index (χ0n) is 18.0. The number of benzene rings is 4. The number of hydrogen-bond acceptors (Lipinski definition) is 3. The zero-order valence-corrected chi connectivity index (χ0v) is 18.0. The summed E-state index contributed by atoms with van der Waals surface area (Å²) >= 11 is 0. The summed E-state index contributed by atoms with van der Waals surface area (Å²) in [6, 6.07) is 30.2. The minimum Gasteiger partial charge on any atom is -0.387 e. The third-order valence-corrected chi connectivity index (χ3v) is 6.04. The second-order valence-corrected chi connectivity index (χ2v) is 8.55. The third kappa shape index (κ3) is 4.86. The maximum absolute atomic E-state index is 12.0. The van der Waals surface area contributed by atoms with E-state index in [1.807, 2.05) is 42.5 Å². The van der Waals surface area contributed by atoms with Crippen LogP contribution in [0, 0.1) is 6.92 Å². The average Bonchev–Trinajstić information content (AvgIpc) is 2.78. The molecule has 4 aromatic rings. The van der Waals surface area contributed by atoms with Crippen molar-refractivity contribution in [3.05, 3.63) is 119 Å². The fourth-order valence-electron chi connectivity index (χ4n) is 4.39. The molecular weight excluding hydrogens is 380 g/mol. The number of hydrogen-bond donors (Lipinski definition) is 3. The van der Waals surface area contributed by atoms with E-state index < -0.39 is 11.6 Å². The molecule has 0 fully saturated rings. The molecule has 0 bridgehead atoms. The lowest BCUT2D eigenvalue weighted by Crippen LogP contribution is -2.45. The summed E-state index contributed by atoms with van der Waals surface area (Å²) < 4.78 is 0. The molecule has 5 N–H and O–H groups in total. The summed E-state index contributed by atoms with van der Waals surface area (Å²) in [6.45, 7) is 2.54. The summed E-state index contributed by atoms with van der Waals surface area (Å²) in [5.74, 6) is 0. The lowest BCUT2D eigenvalue weighted by atomic mass is 9.79. The average molecular weight is 411 g/mol. The minimum absolute atomic E-state index is 0.447. The van der Waals surface area contributed by atoms with E-state index in [0.29, 0.717) is 19.4 Å². The van der Waals surface area contributed by atoms with Gasteiger partial charge in [0.1, 0.15) is 0 Å². The number of aryl methyl sites for hydroxylation is 1. The van der Waals surface area contributed by atoms with Crippen LogP contribution in [-0.4, -0.2) is 10.7 Å². The Balaban J connectivity index is 1.73. The molecule has 0 aliphatic carbocycles. The molecule has 0 aromatic heterocycles. The second kappa shape index (κ2) is 9.03. The van der Waals surface area contributed by atoms with Gasteiger partial charge in [0.2, 0.25) is 0 Å². The van der Waals surface area contributed by atoms with Crippen LogP contribution < -0.4 is 11.5 Å². The first-order chi connectivity index (χ1) is 15.0. The van der Waals surface area contributed by atoms with E-state index in [1.165, 1.54) is 5.56 Å². The Kier molecular flexibility index (Phi) is 6.19. The maximum Gasteiger partial charge on any atom is 0.0919 e. The van der Waals surface area contributed by atoms with E-state index in [2.05, 4.69) is 55.5 Å². The fourth-order valence-corrected chi connectivity index (χ4v) is 4.39. The molecule has 0 aliphatic heterocycles. The molecule has 0 saturated heterocycles. The van der Waals surface area contributed by atoms with Crippen LogP contribution in [0.2, 0.25) is 0 Å². The van der Waals surface area contributed by atoms with Crippen LogP contribution in [0.25, 0.3) is 10.8 Å². The predicted octanol–water partition coefficient (Wildman–Crippen LogP) is 4.82. The van der Waals surface area contributed by atoms with Crippen molar-refractivity contribution in [3.8, 4) is 0 Å². The van der Waals surface area contributed by atoms with Gasteiger partial charge in [-0.25, -0.2) is 0 Å². The van der Waals surface area contributed by atoms with Crippen molar-refractivity contribution in [2.45, 2.75) is 38.0 Å². The lowest BCUT2D eigenvalue weighted by molar-refractivity contribution is 0.0137. The molecule has 0 aliphatic rings. The fraction of sp³-hybridized carbons (Fsp3) is 0.214. The minimum atomic E-state index is -1.15. The highest BCUT2D eigenvalue weighted by atomic mass is 16.3. The van der Waals surface area contributed by atoms with Crippen molar-refractivity contribution in [1.29, 1.82) is 0 Å². The van der Waals surface area contributed by atoms with Crippen LogP contribution in [0.3, 0.4) is 0 Å². The predicted molar refractivity (Wildman–Crippen MR) is 129 cm³/mol. The van der Waals surface area contributed by atoms with Crippen molar-refractivity contribution in [2.75, 3.05) is 0 Å². The van der Waals surface area contributed by atoms with Gasteiger partial charge in [-0.15, -0.1) is 0 Å². The topological polar surface area (TPSA) is 72.3 Å². The number of rotatable bonds is 7.